The number of hydrogen-bond donors (Lipinski definition) is 2. The summed E-state index contributed by atoms with van der Waals surface area (Å²) < 4.78 is 1.98. The van der Waals surface area contributed by atoms with Crippen LogP contribution in [0.2, 0.25) is 0 Å². The van der Waals surface area contributed by atoms with E-state index in [0.29, 0.717) is 19.6 Å². The van der Waals surface area contributed by atoms with Crippen LogP contribution in [0, 0.1) is 6.92 Å². The first kappa shape index (κ1) is 25.4. The van der Waals surface area contributed by atoms with Gasteiger partial charge in [0.15, 0.2) is 11.8 Å². The maximum Gasteiger partial charge on any atom is 0.192 e. The van der Waals surface area contributed by atoms with E-state index >= 15 is 0 Å². The first-order valence-electron chi connectivity index (χ1n) is 11.2. The fourth-order valence-electron chi connectivity index (χ4n) is 3.69. The monoisotopic (exact) mass is 566 g/mol. The molecule has 0 radical (unpaired) electrons. The summed E-state index contributed by atoms with van der Waals surface area (Å²) in [6, 6.07) is 31.4. The molecular formula is C27H31IN6. The van der Waals surface area contributed by atoms with E-state index in [0.717, 1.165) is 23.2 Å². The van der Waals surface area contributed by atoms with Gasteiger partial charge in [-0.2, -0.15) is 0 Å². The second-order valence-corrected chi connectivity index (χ2v) is 7.98. The largest absolute Gasteiger partial charge is 0.355 e. The molecule has 7 heteroatoms. The number of hydrogen-bond acceptors (Lipinski definition) is 3. The van der Waals surface area contributed by atoms with E-state index in [4.69, 9.17) is 4.99 Å². The number of guanidine groups is 1. The van der Waals surface area contributed by atoms with Gasteiger partial charge in [0.05, 0.1) is 13.1 Å². The van der Waals surface area contributed by atoms with Crippen molar-refractivity contribution in [3.8, 4) is 0 Å². The van der Waals surface area contributed by atoms with Crippen LogP contribution >= 0.6 is 24.0 Å². The minimum Gasteiger partial charge on any atom is -0.355 e. The Kier molecular flexibility index (Phi) is 9.63. The van der Waals surface area contributed by atoms with Crippen LogP contribution in [-0.4, -0.2) is 27.3 Å². The van der Waals surface area contributed by atoms with Gasteiger partial charge in [0.1, 0.15) is 5.82 Å². The standard InChI is InChI=1S/C27H30N6.HI/c1-21-31-32-26(33(21)2)20-30-27(28-18-22-12-6-3-7-13-22)29-19-25(23-14-8-4-9-15-23)24-16-10-5-11-17-24;/h3-17,25H,18-20H2,1-2H3,(H2,28,29,30);1H. The Hall–Kier alpha value is -3.20. The molecule has 6 nitrogen and oxygen atoms in total. The van der Waals surface area contributed by atoms with Crippen molar-refractivity contribution in [1.29, 1.82) is 0 Å². The summed E-state index contributed by atoms with van der Waals surface area (Å²) in [4.78, 5) is 4.84. The van der Waals surface area contributed by atoms with Gasteiger partial charge in [-0.05, 0) is 23.6 Å². The summed E-state index contributed by atoms with van der Waals surface area (Å²) in [5, 5.41) is 15.4. The van der Waals surface area contributed by atoms with Crippen molar-refractivity contribution in [2.45, 2.75) is 25.9 Å². The third-order valence-corrected chi connectivity index (χ3v) is 5.74. The summed E-state index contributed by atoms with van der Waals surface area (Å²) in [5.74, 6) is 2.70. The topological polar surface area (TPSA) is 67.1 Å². The number of benzene rings is 3. The molecule has 3 aromatic carbocycles. The smallest absolute Gasteiger partial charge is 0.192 e. The molecule has 1 aromatic heterocycles. The highest BCUT2D eigenvalue weighted by Crippen LogP contribution is 2.23. The van der Waals surface area contributed by atoms with E-state index in [1.807, 2.05) is 36.7 Å². The molecule has 176 valence electrons. The van der Waals surface area contributed by atoms with E-state index in [1.165, 1.54) is 11.1 Å². The quantitative estimate of drug-likeness (QED) is 0.183. The van der Waals surface area contributed by atoms with Gasteiger partial charge in [0.2, 0.25) is 0 Å². The first-order chi connectivity index (χ1) is 16.2. The van der Waals surface area contributed by atoms with Crippen LogP contribution in [0.3, 0.4) is 0 Å². The van der Waals surface area contributed by atoms with Crippen LogP contribution in [-0.2, 0) is 20.1 Å². The highest BCUT2D eigenvalue weighted by atomic mass is 127. The molecule has 4 rings (SSSR count). The molecule has 34 heavy (non-hydrogen) atoms. The highest BCUT2D eigenvalue weighted by Gasteiger charge is 2.15. The van der Waals surface area contributed by atoms with Crippen molar-refractivity contribution in [2.24, 2.45) is 12.0 Å². The number of nitrogens with one attached hydrogen (secondary N) is 2. The van der Waals surface area contributed by atoms with Crippen molar-refractivity contribution in [2.75, 3.05) is 6.54 Å². The second kappa shape index (κ2) is 12.9. The van der Waals surface area contributed by atoms with Gasteiger partial charge in [0.25, 0.3) is 0 Å². The normalized spacial score (nSPS) is 11.2. The Labute approximate surface area is 218 Å². The van der Waals surface area contributed by atoms with Gasteiger partial charge in [-0.3, -0.25) is 0 Å². The molecule has 0 saturated carbocycles. The molecule has 0 unspecified atom stereocenters. The van der Waals surface area contributed by atoms with E-state index in [1.54, 1.807) is 0 Å². The lowest BCUT2D eigenvalue weighted by Gasteiger charge is -2.21. The zero-order valence-corrected chi connectivity index (χ0v) is 21.9. The maximum atomic E-state index is 4.84. The van der Waals surface area contributed by atoms with Crippen LogP contribution in [0.25, 0.3) is 0 Å². The highest BCUT2D eigenvalue weighted by molar-refractivity contribution is 14.0. The fraction of sp³-hybridized carbons (Fsp3) is 0.222. The molecule has 0 aliphatic heterocycles. The number of aliphatic imine (C=N–C) groups is 1. The fourth-order valence-corrected chi connectivity index (χ4v) is 3.69. The molecule has 0 bridgehead atoms. The van der Waals surface area contributed by atoms with E-state index in [-0.39, 0.29) is 29.9 Å². The van der Waals surface area contributed by atoms with Crippen molar-refractivity contribution >= 4 is 29.9 Å². The predicted molar refractivity (Wildman–Crippen MR) is 148 cm³/mol. The zero-order valence-electron chi connectivity index (χ0n) is 19.6. The molecule has 0 aliphatic carbocycles. The molecule has 0 atom stereocenters. The molecule has 1 heterocycles. The summed E-state index contributed by atoms with van der Waals surface area (Å²) in [6.07, 6.45) is 0. The molecule has 0 saturated heterocycles. The average molecular weight is 566 g/mol. The minimum absolute atomic E-state index is 0. The summed E-state index contributed by atoms with van der Waals surface area (Å²) in [6.45, 7) is 3.80. The Balaban J connectivity index is 0.00000324. The predicted octanol–water partition coefficient (Wildman–Crippen LogP) is 4.81. The molecular weight excluding hydrogens is 535 g/mol. The van der Waals surface area contributed by atoms with Crippen molar-refractivity contribution in [3.63, 3.8) is 0 Å². The maximum absolute atomic E-state index is 4.84. The first-order valence-corrected chi connectivity index (χ1v) is 11.2. The Bertz CT molecular complexity index is 1120. The lowest BCUT2D eigenvalue weighted by atomic mass is 9.91. The van der Waals surface area contributed by atoms with E-state index in [2.05, 4.69) is 93.6 Å². The molecule has 0 aliphatic rings. The Morgan fingerprint density at radius 2 is 1.38 bits per heavy atom. The number of halogens is 1. The van der Waals surface area contributed by atoms with Gasteiger partial charge >= 0.3 is 0 Å². The Morgan fingerprint density at radius 1 is 0.824 bits per heavy atom. The van der Waals surface area contributed by atoms with E-state index in [9.17, 15) is 0 Å². The Morgan fingerprint density at radius 3 is 1.91 bits per heavy atom. The number of aryl methyl sites for hydroxylation is 1. The average Bonchev–Trinajstić information content (AvgIpc) is 3.19. The number of rotatable bonds is 8. The third-order valence-electron chi connectivity index (χ3n) is 5.74. The van der Waals surface area contributed by atoms with Crippen molar-refractivity contribution in [1.82, 2.24) is 25.4 Å². The summed E-state index contributed by atoms with van der Waals surface area (Å²) >= 11 is 0. The van der Waals surface area contributed by atoms with Gasteiger partial charge in [-0.1, -0.05) is 91.0 Å². The number of nitrogens with zero attached hydrogens (tertiary/aromatic N) is 4. The van der Waals surface area contributed by atoms with Crippen molar-refractivity contribution < 1.29 is 0 Å². The summed E-state index contributed by atoms with van der Waals surface area (Å²) in [7, 11) is 1.97. The lowest BCUT2D eigenvalue weighted by Crippen LogP contribution is -2.39. The molecule has 0 spiro atoms. The lowest BCUT2D eigenvalue weighted by molar-refractivity contribution is 0.694. The van der Waals surface area contributed by atoms with Crippen LogP contribution < -0.4 is 10.6 Å². The molecule has 2 N–H and O–H groups in total. The van der Waals surface area contributed by atoms with Gasteiger partial charge in [-0.15, -0.1) is 34.2 Å². The van der Waals surface area contributed by atoms with Gasteiger partial charge < -0.3 is 15.2 Å². The molecule has 4 aromatic rings. The molecule has 0 fully saturated rings. The number of aromatic nitrogens is 3. The SMILES string of the molecule is Cc1nnc(CNC(=NCc2ccccc2)NCC(c2ccccc2)c2ccccc2)n1C.I. The summed E-state index contributed by atoms with van der Waals surface area (Å²) in [5.41, 5.74) is 3.70. The van der Waals surface area contributed by atoms with Crippen molar-refractivity contribution in [3.05, 3.63) is 119 Å². The second-order valence-electron chi connectivity index (χ2n) is 7.98. The van der Waals surface area contributed by atoms with Crippen LogP contribution in [0.15, 0.2) is 96.0 Å². The zero-order chi connectivity index (χ0) is 22.9. The third kappa shape index (κ3) is 6.90. The molecule has 0 amide bonds. The van der Waals surface area contributed by atoms with E-state index < -0.39 is 0 Å². The van der Waals surface area contributed by atoms with Gasteiger partial charge in [0, 0.05) is 19.5 Å². The van der Waals surface area contributed by atoms with Gasteiger partial charge in [-0.25, -0.2) is 4.99 Å². The van der Waals surface area contributed by atoms with Crippen LogP contribution in [0.5, 0.6) is 0 Å². The van der Waals surface area contributed by atoms with Crippen LogP contribution in [0.1, 0.15) is 34.3 Å². The van der Waals surface area contributed by atoms with Crippen LogP contribution in [0.4, 0.5) is 0 Å². The minimum atomic E-state index is 0.